The number of aromatic nitrogens is 2. The smallest absolute Gasteiger partial charge is 0.324 e. The Balaban J connectivity index is 1.56. The third-order valence-corrected chi connectivity index (χ3v) is 11.3. The van der Waals surface area contributed by atoms with E-state index in [4.69, 9.17) is 14.5 Å². The lowest BCUT2D eigenvalue weighted by Gasteiger charge is -2.36. The van der Waals surface area contributed by atoms with Crippen molar-refractivity contribution < 1.29 is 28.7 Å². The maximum atomic E-state index is 14.5. The van der Waals surface area contributed by atoms with Crippen molar-refractivity contribution in [2.45, 2.75) is 98.9 Å². The van der Waals surface area contributed by atoms with Gasteiger partial charge in [0.05, 0.1) is 35.7 Å². The van der Waals surface area contributed by atoms with Crippen LogP contribution in [0.2, 0.25) is 0 Å². The Kier molecular flexibility index (Phi) is 12.7. The van der Waals surface area contributed by atoms with Crippen molar-refractivity contribution in [1.82, 2.24) is 30.2 Å². The molecule has 4 aromatic rings. The van der Waals surface area contributed by atoms with Gasteiger partial charge in [-0.15, -0.1) is 0 Å². The number of hydrogen-bond donors (Lipinski definition) is 2. The van der Waals surface area contributed by atoms with E-state index in [1.54, 1.807) is 33.2 Å². The second-order valence-electron chi connectivity index (χ2n) is 16.6. The zero-order valence-electron chi connectivity index (χ0n) is 35.6. The van der Waals surface area contributed by atoms with Crippen molar-refractivity contribution in [3.05, 3.63) is 88.4 Å². The number of hydrazine groups is 1. The number of carbonyl (C=O) groups excluding carboxylic acids is 4. The van der Waals surface area contributed by atoms with Gasteiger partial charge in [0.2, 0.25) is 5.91 Å². The molecule has 6 bridgehead atoms. The normalized spacial score (nSPS) is 18.6. The van der Waals surface area contributed by atoms with Crippen LogP contribution in [0.1, 0.15) is 89.8 Å². The first-order valence-electron chi connectivity index (χ1n) is 20.2. The van der Waals surface area contributed by atoms with Crippen LogP contribution >= 0.6 is 0 Å². The van der Waals surface area contributed by atoms with E-state index in [1.807, 2.05) is 31.2 Å². The number of nitrogens with zero attached hydrogens (tertiary/aromatic N) is 5. The maximum Gasteiger partial charge on any atom is 0.324 e. The Bertz CT molecular complexity index is 2370. The minimum Gasteiger partial charge on any atom is -0.464 e. The number of amides is 3. The molecule has 2 aromatic heterocycles. The van der Waals surface area contributed by atoms with Crippen LogP contribution in [0.3, 0.4) is 0 Å². The van der Waals surface area contributed by atoms with Gasteiger partial charge in [0.25, 0.3) is 11.8 Å². The molecule has 3 amide bonds. The Hall–Kier alpha value is -5.84. The van der Waals surface area contributed by atoms with Crippen LogP contribution in [0.15, 0.2) is 66.0 Å². The number of allylic oxidation sites excluding steroid dienone is 1. The molecule has 1 fully saturated rings. The molecule has 13 heteroatoms. The fourth-order valence-corrected chi connectivity index (χ4v) is 8.25. The van der Waals surface area contributed by atoms with Crippen molar-refractivity contribution in [1.29, 1.82) is 5.26 Å². The molecule has 2 aliphatic heterocycles. The Morgan fingerprint density at radius 3 is 2.58 bits per heavy atom. The molecule has 2 aliphatic rings. The summed E-state index contributed by atoms with van der Waals surface area (Å²) in [6.45, 7) is 14.1. The zero-order chi connectivity index (χ0) is 42.8. The number of pyridine rings is 1. The van der Waals surface area contributed by atoms with E-state index in [9.17, 15) is 24.4 Å². The summed E-state index contributed by atoms with van der Waals surface area (Å²) in [5.41, 5.74) is 10.8. The van der Waals surface area contributed by atoms with E-state index in [-0.39, 0.29) is 30.7 Å². The number of hydrogen-bond acceptors (Lipinski definition) is 9. The highest BCUT2D eigenvalue weighted by Gasteiger charge is 2.36. The van der Waals surface area contributed by atoms with Gasteiger partial charge in [0, 0.05) is 68.7 Å². The zero-order valence-corrected chi connectivity index (χ0v) is 35.6. The quantitative estimate of drug-likeness (QED) is 0.160. The van der Waals surface area contributed by atoms with Gasteiger partial charge in [-0.05, 0) is 111 Å². The van der Waals surface area contributed by atoms with E-state index < -0.39 is 35.3 Å². The van der Waals surface area contributed by atoms with E-state index in [0.717, 1.165) is 44.5 Å². The first-order chi connectivity index (χ1) is 28.1. The molecule has 0 radical (unpaired) electrons. The standard InChI is InChI=1S/C46H55N7O6/c1-10-52-39-16-15-32-23-35(39)36(42(52)34-13-11-17-48-40(34)28(4)58-9)24-46(6,7)26-59-45(57)37-14-12-18-53(50-37)44(56)38(22-30-19-31(25-47)21-33(32)20-30)49-43(55)41(27(2)3)51(8)29(5)54/h11,13,15-17,19-21,23,28,37-38,50H,10,12,14,18,22,24,26H2,1-9H3,(H,49,55)/t28-,37-,38-/m0/s1. The first kappa shape index (κ1) is 42.8. The molecular weight excluding hydrogens is 747 g/mol. The summed E-state index contributed by atoms with van der Waals surface area (Å²) in [4.78, 5) is 60.7. The third-order valence-electron chi connectivity index (χ3n) is 11.3. The van der Waals surface area contributed by atoms with Gasteiger partial charge in [0.1, 0.15) is 17.8 Å². The number of ether oxygens (including phenoxy) is 2. The summed E-state index contributed by atoms with van der Waals surface area (Å²) in [7, 11) is 3.18. The van der Waals surface area contributed by atoms with Gasteiger partial charge in [-0.3, -0.25) is 29.2 Å². The predicted molar refractivity (Wildman–Crippen MR) is 225 cm³/mol. The summed E-state index contributed by atoms with van der Waals surface area (Å²) in [6, 6.07) is 16.2. The minimum atomic E-state index is -1.13. The van der Waals surface area contributed by atoms with Crippen LogP contribution in [0.5, 0.6) is 0 Å². The van der Waals surface area contributed by atoms with Crippen LogP contribution in [-0.2, 0) is 48.0 Å². The summed E-state index contributed by atoms with van der Waals surface area (Å²) < 4.78 is 14.2. The third kappa shape index (κ3) is 8.94. The fraction of sp³-hybridized carbons (Fsp3) is 0.435. The van der Waals surface area contributed by atoms with Crippen LogP contribution in [-0.4, -0.2) is 82.5 Å². The van der Waals surface area contributed by atoms with E-state index in [1.165, 1.54) is 23.9 Å². The molecule has 0 saturated carbocycles. The monoisotopic (exact) mass is 801 g/mol. The molecule has 3 atom stereocenters. The van der Waals surface area contributed by atoms with Crippen LogP contribution in [0.25, 0.3) is 33.3 Å². The summed E-state index contributed by atoms with van der Waals surface area (Å²) in [5.74, 6) is -1.87. The Labute approximate surface area is 346 Å². The Morgan fingerprint density at radius 1 is 1.14 bits per heavy atom. The average molecular weight is 802 g/mol. The van der Waals surface area contributed by atoms with Crippen LogP contribution < -0.4 is 10.7 Å². The maximum absolute atomic E-state index is 14.5. The molecule has 2 N–H and O–H groups in total. The highest BCUT2D eigenvalue weighted by molar-refractivity contribution is 6.00. The van der Waals surface area contributed by atoms with Gasteiger partial charge in [0.15, 0.2) is 0 Å². The SMILES string of the molecule is CCn1c(-c2cccnc2[C@H](C)OC)c2c3cc(ccc31)-c1cc(C#N)cc(c1)C[C@H](NC(=O)C(=C(C)C)N(C)C(C)=O)C(=O)N1CCC[C@H](N1)C(=O)OCC(C)(C)C2. The van der Waals surface area contributed by atoms with E-state index >= 15 is 0 Å². The topological polar surface area (TPSA) is 159 Å². The summed E-state index contributed by atoms with van der Waals surface area (Å²) in [6.07, 6.45) is 3.06. The number of nitrogens with one attached hydrogen (secondary N) is 2. The lowest BCUT2D eigenvalue weighted by molar-refractivity contribution is -0.155. The molecule has 2 aromatic carbocycles. The van der Waals surface area contributed by atoms with E-state index in [0.29, 0.717) is 49.1 Å². The average Bonchev–Trinajstić information content (AvgIpc) is 3.52. The van der Waals surface area contributed by atoms with Crippen molar-refractivity contribution >= 4 is 34.6 Å². The molecule has 1 saturated heterocycles. The van der Waals surface area contributed by atoms with Crippen molar-refractivity contribution in [3.8, 4) is 28.5 Å². The lowest BCUT2D eigenvalue weighted by atomic mass is 9.84. The fourth-order valence-electron chi connectivity index (χ4n) is 8.25. The summed E-state index contributed by atoms with van der Waals surface area (Å²) in [5, 5.41) is 15.6. The highest BCUT2D eigenvalue weighted by atomic mass is 16.5. The molecule has 310 valence electrons. The molecule has 0 spiro atoms. The number of rotatable bonds is 7. The van der Waals surface area contributed by atoms with Crippen molar-refractivity contribution in [2.24, 2.45) is 5.41 Å². The second kappa shape index (κ2) is 17.6. The van der Waals surface area contributed by atoms with Gasteiger partial charge in [-0.1, -0.05) is 26.0 Å². The molecule has 0 unspecified atom stereocenters. The molecule has 6 rings (SSSR count). The van der Waals surface area contributed by atoms with Crippen molar-refractivity contribution in [2.75, 3.05) is 27.3 Å². The number of carbonyl (C=O) groups is 4. The minimum absolute atomic E-state index is 0.0275. The number of nitriles is 1. The number of benzene rings is 2. The predicted octanol–water partition coefficient (Wildman–Crippen LogP) is 6.39. The second-order valence-corrected chi connectivity index (χ2v) is 16.6. The number of esters is 1. The van der Waals surface area contributed by atoms with Gasteiger partial charge in [-0.2, -0.15) is 5.26 Å². The number of aryl methyl sites for hydroxylation is 1. The Morgan fingerprint density at radius 2 is 1.90 bits per heavy atom. The number of cyclic esters (lactones) is 1. The largest absolute Gasteiger partial charge is 0.464 e. The molecule has 13 nitrogen and oxygen atoms in total. The van der Waals surface area contributed by atoms with Crippen molar-refractivity contribution in [3.63, 3.8) is 0 Å². The highest BCUT2D eigenvalue weighted by Crippen LogP contribution is 2.42. The van der Waals surface area contributed by atoms with Gasteiger partial charge < -0.3 is 24.3 Å². The van der Waals surface area contributed by atoms with E-state index in [2.05, 4.69) is 60.3 Å². The summed E-state index contributed by atoms with van der Waals surface area (Å²) >= 11 is 0. The molecular formula is C46H55N7O6. The number of methoxy groups -OCH3 is 1. The van der Waals surface area contributed by atoms with Crippen LogP contribution in [0, 0.1) is 16.7 Å². The van der Waals surface area contributed by atoms with Gasteiger partial charge in [-0.25, -0.2) is 5.43 Å². The van der Waals surface area contributed by atoms with Gasteiger partial charge >= 0.3 is 5.97 Å². The molecule has 4 heterocycles. The van der Waals surface area contributed by atoms with Crippen LogP contribution in [0.4, 0.5) is 0 Å². The number of fused-ring (bicyclic) bond motifs is 6. The number of likely N-dealkylation sites (N-methyl/N-ethyl adjacent to an activating group) is 1. The first-order valence-corrected chi connectivity index (χ1v) is 20.2. The lowest BCUT2D eigenvalue weighted by Crippen LogP contribution is -2.60. The molecule has 59 heavy (non-hydrogen) atoms. The molecule has 0 aliphatic carbocycles.